The maximum atomic E-state index is 11.6. The Labute approximate surface area is 73.6 Å². The summed E-state index contributed by atoms with van der Waals surface area (Å²) >= 11 is 0. The highest BCUT2D eigenvalue weighted by Gasteiger charge is 2.29. The first-order chi connectivity index (χ1) is 5.55. The van der Waals surface area contributed by atoms with Gasteiger partial charge in [0.05, 0.1) is 5.25 Å². The van der Waals surface area contributed by atoms with Gasteiger partial charge in [0.2, 0.25) is 0 Å². The van der Waals surface area contributed by atoms with Gasteiger partial charge < -0.3 is 5.32 Å². The second-order valence-electron chi connectivity index (χ2n) is 3.28. The van der Waals surface area contributed by atoms with E-state index in [2.05, 4.69) is 10.6 Å². The molecule has 0 aromatic heterocycles. The van der Waals surface area contributed by atoms with E-state index in [-0.39, 0.29) is 5.25 Å². The van der Waals surface area contributed by atoms with E-state index in [1.807, 2.05) is 0 Å². The molecule has 1 aliphatic rings. The minimum atomic E-state index is -2.97. The lowest BCUT2D eigenvalue weighted by atomic mass is 10.4. The molecular formula is C7H16N2O2S. The summed E-state index contributed by atoms with van der Waals surface area (Å²) < 4.78 is 23.2. The third kappa shape index (κ3) is 1.97. The fraction of sp³-hybridized carbons (Fsp3) is 1.00. The summed E-state index contributed by atoms with van der Waals surface area (Å²) in [5, 5.41) is 5.35. The highest BCUT2D eigenvalue weighted by molar-refractivity contribution is 7.92. The van der Waals surface area contributed by atoms with E-state index in [0.29, 0.717) is 6.54 Å². The summed E-state index contributed by atoms with van der Waals surface area (Å²) in [4.78, 5) is 0. The summed E-state index contributed by atoms with van der Waals surface area (Å²) in [7, 11) is -2.97. The van der Waals surface area contributed by atoms with Crippen molar-refractivity contribution in [2.45, 2.75) is 24.5 Å². The van der Waals surface area contributed by atoms with Gasteiger partial charge in [0.1, 0.15) is 5.37 Å². The molecule has 0 bridgehead atoms. The van der Waals surface area contributed by atoms with E-state index in [1.165, 1.54) is 0 Å². The molecule has 72 valence electrons. The molecule has 12 heavy (non-hydrogen) atoms. The number of nitrogens with one attached hydrogen (secondary N) is 2. The number of rotatable bonds is 2. The summed E-state index contributed by atoms with van der Waals surface area (Å²) in [5.41, 5.74) is 0. The predicted molar refractivity (Wildman–Crippen MR) is 48.7 cm³/mol. The van der Waals surface area contributed by atoms with Gasteiger partial charge in [-0.2, -0.15) is 0 Å². The first kappa shape index (κ1) is 9.95. The van der Waals surface area contributed by atoms with E-state index in [9.17, 15) is 8.42 Å². The lowest BCUT2D eigenvalue weighted by Crippen LogP contribution is -2.53. The molecule has 1 saturated heterocycles. The average molecular weight is 192 g/mol. The van der Waals surface area contributed by atoms with Gasteiger partial charge in [-0.1, -0.05) is 0 Å². The van der Waals surface area contributed by atoms with Crippen LogP contribution >= 0.6 is 0 Å². The maximum Gasteiger partial charge on any atom is 0.169 e. The van der Waals surface area contributed by atoms with Crippen molar-refractivity contribution in [2.75, 3.05) is 19.6 Å². The normalized spacial score (nSPS) is 26.1. The molecule has 0 radical (unpaired) electrons. The van der Waals surface area contributed by atoms with E-state index < -0.39 is 15.2 Å². The lowest BCUT2D eigenvalue weighted by Gasteiger charge is -2.25. The van der Waals surface area contributed by atoms with E-state index in [1.54, 1.807) is 13.8 Å². The summed E-state index contributed by atoms with van der Waals surface area (Å²) in [6.45, 7) is 5.54. The fourth-order valence-corrected chi connectivity index (χ4v) is 2.55. The van der Waals surface area contributed by atoms with Crippen molar-refractivity contribution in [1.82, 2.24) is 10.6 Å². The van der Waals surface area contributed by atoms with Crippen molar-refractivity contribution in [3.8, 4) is 0 Å². The van der Waals surface area contributed by atoms with Crippen molar-refractivity contribution in [2.24, 2.45) is 0 Å². The predicted octanol–water partition coefficient (Wildman–Crippen LogP) is -0.671. The van der Waals surface area contributed by atoms with Crippen molar-refractivity contribution >= 4 is 9.84 Å². The van der Waals surface area contributed by atoms with Gasteiger partial charge in [-0.15, -0.1) is 0 Å². The van der Waals surface area contributed by atoms with Crippen LogP contribution in [0.4, 0.5) is 0 Å². The molecule has 0 spiro atoms. The Morgan fingerprint density at radius 2 is 2.00 bits per heavy atom. The second kappa shape index (κ2) is 3.72. The molecule has 1 aliphatic heterocycles. The SMILES string of the molecule is CC(C)S(=O)(=O)C1CNCCN1. The van der Waals surface area contributed by atoms with E-state index in [4.69, 9.17) is 0 Å². The zero-order chi connectivity index (χ0) is 9.19. The highest BCUT2D eigenvalue weighted by atomic mass is 32.2. The van der Waals surface area contributed by atoms with E-state index in [0.717, 1.165) is 13.1 Å². The molecular weight excluding hydrogens is 176 g/mol. The molecule has 4 nitrogen and oxygen atoms in total. The van der Waals surface area contributed by atoms with Gasteiger partial charge in [0.15, 0.2) is 9.84 Å². The van der Waals surface area contributed by atoms with Crippen LogP contribution in [-0.4, -0.2) is 38.7 Å². The molecule has 0 aromatic rings. The average Bonchev–Trinajstić information content (AvgIpc) is 2.06. The zero-order valence-corrected chi connectivity index (χ0v) is 8.32. The largest absolute Gasteiger partial charge is 0.313 e. The van der Waals surface area contributed by atoms with Gasteiger partial charge in [-0.25, -0.2) is 8.42 Å². The summed E-state index contributed by atoms with van der Waals surface area (Å²) in [6.07, 6.45) is 0. The lowest BCUT2D eigenvalue weighted by molar-refractivity contribution is 0.471. The molecule has 1 rings (SSSR count). The Kier molecular flexibility index (Phi) is 3.09. The topological polar surface area (TPSA) is 58.2 Å². The van der Waals surface area contributed by atoms with Crippen LogP contribution in [0.2, 0.25) is 0 Å². The van der Waals surface area contributed by atoms with Crippen molar-refractivity contribution in [1.29, 1.82) is 0 Å². The Bertz CT molecular complexity index is 230. The second-order valence-corrected chi connectivity index (χ2v) is 5.97. The fourth-order valence-electron chi connectivity index (χ4n) is 1.19. The first-order valence-corrected chi connectivity index (χ1v) is 5.83. The first-order valence-electron chi connectivity index (χ1n) is 4.22. The van der Waals surface area contributed by atoms with Gasteiger partial charge >= 0.3 is 0 Å². The number of hydrogen-bond acceptors (Lipinski definition) is 4. The van der Waals surface area contributed by atoms with Crippen LogP contribution in [0, 0.1) is 0 Å². The van der Waals surface area contributed by atoms with Crippen LogP contribution in [-0.2, 0) is 9.84 Å². The molecule has 0 aromatic carbocycles. The molecule has 2 N–H and O–H groups in total. The Hall–Kier alpha value is -0.130. The Balaban J connectivity index is 2.67. The van der Waals surface area contributed by atoms with Crippen molar-refractivity contribution < 1.29 is 8.42 Å². The molecule has 1 heterocycles. The highest BCUT2D eigenvalue weighted by Crippen LogP contribution is 2.07. The molecule has 1 unspecified atom stereocenters. The van der Waals surface area contributed by atoms with Gasteiger partial charge in [0.25, 0.3) is 0 Å². The molecule has 0 aliphatic carbocycles. The number of hydrogen-bond donors (Lipinski definition) is 2. The van der Waals surface area contributed by atoms with Crippen LogP contribution in [0.1, 0.15) is 13.8 Å². The smallest absolute Gasteiger partial charge is 0.169 e. The minimum Gasteiger partial charge on any atom is -0.313 e. The Morgan fingerprint density at radius 3 is 2.42 bits per heavy atom. The van der Waals surface area contributed by atoms with Gasteiger partial charge in [0, 0.05) is 19.6 Å². The molecule has 0 amide bonds. The van der Waals surface area contributed by atoms with Crippen LogP contribution in [0.25, 0.3) is 0 Å². The monoisotopic (exact) mass is 192 g/mol. The number of piperazine rings is 1. The van der Waals surface area contributed by atoms with Crippen LogP contribution < -0.4 is 10.6 Å². The quantitative estimate of drug-likeness (QED) is 0.609. The van der Waals surface area contributed by atoms with Crippen LogP contribution in [0.5, 0.6) is 0 Å². The number of sulfone groups is 1. The summed E-state index contributed by atoms with van der Waals surface area (Å²) in [5.74, 6) is 0. The maximum absolute atomic E-state index is 11.6. The third-order valence-electron chi connectivity index (χ3n) is 2.06. The molecule has 1 fully saturated rings. The zero-order valence-electron chi connectivity index (χ0n) is 7.50. The third-order valence-corrected chi connectivity index (χ3v) is 4.50. The molecule has 5 heteroatoms. The Morgan fingerprint density at radius 1 is 1.33 bits per heavy atom. The van der Waals surface area contributed by atoms with Crippen molar-refractivity contribution in [3.05, 3.63) is 0 Å². The van der Waals surface area contributed by atoms with Gasteiger partial charge in [-0.05, 0) is 13.8 Å². The van der Waals surface area contributed by atoms with Gasteiger partial charge in [-0.3, -0.25) is 5.32 Å². The minimum absolute atomic E-state index is 0.296. The molecule has 0 saturated carbocycles. The standard InChI is InChI=1S/C7H16N2O2S/c1-6(2)12(10,11)7-5-8-3-4-9-7/h6-9H,3-5H2,1-2H3. The van der Waals surface area contributed by atoms with Crippen LogP contribution in [0.3, 0.4) is 0 Å². The van der Waals surface area contributed by atoms with Crippen molar-refractivity contribution in [3.63, 3.8) is 0 Å². The molecule has 1 atom stereocenters. The van der Waals surface area contributed by atoms with E-state index >= 15 is 0 Å². The van der Waals surface area contributed by atoms with Crippen LogP contribution in [0.15, 0.2) is 0 Å². The summed E-state index contributed by atoms with van der Waals surface area (Å²) in [6, 6.07) is 0.